The summed E-state index contributed by atoms with van der Waals surface area (Å²) in [6.45, 7) is 5.16. The van der Waals surface area contributed by atoms with Crippen molar-refractivity contribution in [1.82, 2.24) is 15.3 Å². The molecule has 6 heteroatoms. The molecule has 1 atom stereocenters. The third-order valence-corrected chi connectivity index (χ3v) is 4.47. The molecule has 0 aromatic carbocycles. The second-order valence-corrected chi connectivity index (χ2v) is 6.20. The number of rotatable bonds is 3. The summed E-state index contributed by atoms with van der Waals surface area (Å²) in [5, 5.41) is 3.19. The van der Waals surface area contributed by atoms with Gasteiger partial charge in [-0.05, 0) is 32.6 Å². The summed E-state index contributed by atoms with van der Waals surface area (Å²) in [6.07, 6.45) is 5.42. The lowest BCUT2D eigenvalue weighted by atomic mass is 9.96. The van der Waals surface area contributed by atoms with Crippen molar-refractivity contribution in [2.75, 3.05) is 31.2 Å². The first-order valence-electron chi connectivity index (χ1n) is 8.14. The van der Waals surface area contributed by atoms with Crippen LogP contribution in [-0.2, 0) is 9.53 Å². The second-order valence-electron chi connectivity index (χ2n) is 6.20. The van der Waals surface area contributed by atoms with E-state index in [-0.39, 0.29) is 17.9 Å². The van der Waals surface area contributed by atoms with Crippen LogP contribution in [0.3, 0.4) is 0 Å². The van der Waals surface area contributed by atoms with Crippen molar-refractivity contribution in [3.8, 4) is 0 Å². The fourth-order valence-electron chi connectivity index (χ4n) is 3.17. The maximum absolute atomic E-state index is 12.5. The van der Waals surface area contributed by atoms with Gasteiger partial charge in [-0.2, -0.15) is 0 Å². The Kier molecular flexibility index (Phi) is 4.87. The van der Waals surface area contributed by atoms with Gasteiger partial charge in [-0.25, -0.2) is 9.97 Å². The molecule has 0 bridgehead atoms. The fraction of sp³-hybridized carbons (Fsp3) is 0.688. The Morgan fingerprint density at radius 3 is 2.91 bits per heavy atom. The fourth-order valence-corrected chi connectivity index (χ4v) is 3.17. The van der Waals surface area contributed by atoms with Crippen LogP contribution in [0.1, 0.15) is 31.4 Å². The lowest BCUT2D eigenvalue weighted by molar-refractivity contribution is -0.126. The van der Waals surface area contributed by atoms with Gasteiger partial charge in [-0.3, -0.25) is 4.79 Å². The SMILES string of the molecule is Cc1cc(N2CCCC(C(=O)NC3CCOCC3)C2)ncn1. The normalized spacial score (nSPS) is 23.3. The van der Waals surface area contributed by atoms with Crippen molar-refractivity contribution in [2.45, 2.75) is 38.6 Å². The van der Waals surface area contributed by atoms with Crippen molar-refractivity contribution in [3.63, 3.8) is 0 Å². The molecule has 3 rings (SSSR count). The molecule has 0 radical (unpaired) electrons. The van der Waals surface area contributed by atoms with E-state index in [1.807, 2.05) is 13.0 Å². The molecule has 0 saturated carbocycles. The van der Waals surface area contributed by atoms with Crippen LogP contribution in [0.4, 0.5) is 5.82 Å². The summed E-state index contributed by atoms with van der Waals surface area (Å²) >= 11 is 0. The number of aryl methyl sites for hydroxylation is 1. The molecule has 1 aromatic heterocycles. The van der Waals surface area contributed by atoms with Crippen LogP contribution in [0.2, 0.25) is 0 Å². The largest absolute Gasteiger partial charge is 0.381 e. The van der Waals surface area contributed by atoms with Gasteiger partial charge in [0.2, 0.25) is 5.91 Å². The van der Waals surface area contributed by atoms with E-state index >= 15 is 0 Å². The molecule has 22 heavy (non-hydrogen) atoms. The number of ether oxygens (including phenoxy) is 1. The molecule has 1 unspecified atom stereocenters. The van der Waals surface area contributed by atoms with Crippen LogP contribution in [0, 0.1) is 12.8 Å². The molecule has 120 valence electrons. The molecular formula is C16H24N4O2. The summed E-state index contributed by atoms with van der Waals surface area (Å²) in [6, 6.07) is 2.26. The molecule has 6 nitrogen and oxygen atoms in total. The van der Waals surface area contributed by atoms with Crippen LogP contribution in [0.15, 0.2) is 12.4 Å². The first-order valence-corrected chi connectivity index (χ1v) is 8.14. The maximum atomic E-state index is 12.5. The van der Waals surface area contributed by atoms with E-state index in [1.165, 1.54) is 0 Å². The van der Waals surface area contributed by atoms with Gasteiger partial charge in [0.25, 0.3) is 0 Å². The highest BCUT2D eigenvalue weighted by Crippen LogP contribution is 2.22. The topological polar surface area (TPSA) is 67.4 Å². The van der Waals surface area contributed by atoms with Gasteiger partial charge >= 0.3 is 0 Å². The predicted octanol–water partition coefficient (Wildman–Crippen LogP) is 1.30. The average molecular weight is 304 g/mol. The van der Waals surface area contributed by atoms with Crippen molar-refractivity contribution >= 4 is 11.7 Å². The summed E-state index contributed by atoms with van der Waals surface area (Å²) in [5.41, 5.74) is 0.957. The zero-order valence-electron chi connectivity index (χ0n) is 13.1. The monoisotopic (exact) mass is 304 g/mol. The molecule has 0 aliphatic carbocycles. The number of amides is 1. The number of hydrogen-bond acceptors (Lipinski definition) is 5. The lowest BCUT2D eigenvalue weighted by Gasteiger charge is -2.34. The van der Waals surface area contributed by atoms with Gasteiger partial charge in [0.1, 0.15) is 12.1 Å². The van der Waals surface area contributed by atoms with E-state index in [1.54, 1.807) is 6.33 Å². The third kappa shape index (κ3) is 3.74. The Labute approximate surface area is 131 Å². The van der Waals surface area contributed by atoms with Crippen molar-refractivity contribution in [1.29, 1.82) is 0 Å². The van der Waals surface area contributed by atoms with Crippen molar-refractivity contribution in [2.24, 2.45) is 5.92 Å². The summed E-state index contributed by atoms with van der Waals surface area (Å²) in [4.78, 5) is 23.2. The molecule has 3 heterocycles. The van der Waals surface area contributed by atoms with E-state index in [4.69, 9.17) is 4.74 Å². The molecule has 1 aromatic rings. The van der Waals surface area contributed by atoms with Crippen LogP contribution in [-0.4, -0.2) is 48.2 Å². The minimum absolute atomic E-state index is 0.0480. The molecule has 2 saturated heterocycles. The quantitative estimate of drug-likeness (QED) is 0.911. The number of anilines is 1. The molecule has 1 amide bonds. The highest BCUT2D eigenvalue weighted by Gasteiger charge is 2.28. The average Bonchev–Trinajstić information content (AvgIpc) is 2.56. The smallest absolute Gasteiger partial charge is 0.225 e. The molecule has 2 aliphatic heterocycles. The standard InChI is InChI=1S/C16H24N4O2/c1-12-9-15(18-11-17-12)20-6-2-3-13(10-20)16(21)19-14-4-7-22-8-5-14/h9,11,13-14H,2-8,10H2,1H3,(H,19,21). The van der Waals surface area contributed by atoms with Gasteiger partial charge in [-0.15, -0.1) is 0 Å². The maximum Gasteiger partial charge on any atom is 0.225 e. The molecule has 0 spiro atoms. The molecule has 1 N–H and O–H groups in total. The van der Waals surface area contributed by atoms with Crippen molar-refractivity contribution in [3.05, 3.63) is 18.1 Å². The van der Waals surface area contributed by atoms with Crippen LogP contribution < -0.4 is 10.2 Å². The molecular weight excluding hydrogens is 280 g/mol. The predicted molar refractivity (Wildman–Crippen MR) is 83.7 cm³/mol. The Morgan fingerprint density at radius 1 is 1.32 bits per heavy atom. The Bertz CT molecular complexity index is 517. The Hall–Kier alpha value is -1.69. The van der Waals surface area contributed by atoms with E-state index in [0.29, 0.717) is 0 Å². The number of nitrogens with one attached hydrogen (secondary N) is 1. The van der Waals surface area contributed by atoms with E-state index < -0.39 is 0 Å². The summed E-state index contributed by atoms with van der Waals surface area (Å²) < 4.78 is 5.34. The number of piperidine rings is 1. The van der Waals surface area contributed by atoms with Gasteiger partial charge in [0.05, 0.1) is 5.92 Å². The minimum atomic E-state index is 0.0480. The molecule has 2 fully saturated rings. The van der Waals surface area contributed by atoms with Gasteiger partial charge in [0.15, 0.2) is 0 Å². The first kappa shape index (κ1) is 15.2. The van der Waals surface area contributed by atoms with E-state index in [9.17, 15) is 4.79 Å². The molecule has 2 aliphatic rings. The number of aromatic nitrogens is 2. The Morgan fingerprint density at radius 2 is 2.14 bits per heavy atom. The number of carbonyl (C=O) groups excluding carboxylic acids is 1. The highest BCUT2D eigenvalue weighted by molar-refractivity contribution is 5.79. The summed E-state index contributed by atoms with van der Waals surface area (Å²) in [5.74, 6) is 1.16. The van der Waals surface area contributed by atoms with Gasteiger partial charge in [-0.1, -0.05) is 0 Å². The van der Waals surface area contributed by atoms with Crippen LogP contribution in [0.25, 0.3) is 0 Å². The number of carbonyl (C=O) groups is 1. The second kappa shape index (κ2) is 7.05. The third-order valence-electron chi connectivity index (χ3n) is 4.47. The number of hydrogen-bond donors (Lipinski definition) is 1. The van der Waals surface area contributed by atoms with Gasteiger partial charge in [0, 0.05) is 44.1 Å². The highest BCUT2D eigenvalue weighted by atomic mass is 16.5. The van der Waals surface area contributed by atoms with Crippen LogP contribution in [0.5, 0.6) is 0 Å². The zero-order valence-corrected chi connectivity index (χ0v) is 13.1. The number of nitrogens with zero attached hydrogens (tertiary/aromatic N) is 3. The van der Waals surface area contributed by atoms with E-state index in [2.05, 4.69) is 20.2 Å². The van der Waals surface area contributed by atoms with Crippen LogP contribution >= 0.6 is 0 Å². The Balaban J connectivity index is 1.58. The van der Waals surface area contributed by atoms with Crippen molar-refractivity contribution < 1.29 is 9.53 Å². The zero-order chi connectivity index (χ0) is 15.4. The van der Waals surface area contributed by atoms with E-state index in [0.717, 1.165) is 63.5 Å². The van der Waals surface area contributed by atoms with Gasteiger partial charge < -0.3 is 15.0 Å². The summed E-state index contributed by atoms with van der Waals surface area (Å²) in [7, 11) is 0. The lowest BCUT2D eigenvalue weighted by Crippen LogP contribution is -2.47. The first-order chi connectivity index (χ1) is 10.7. The minimum Gasteiger partial charge on any atom is -0.381 e.